The van der Waals surface area contributed by atoms with E-state index in [4.69, 9.17) is 18.9 Å². The van der Waals surface area contributed by atoms with E-state index in [0.717, 1.165) is 11.3 Å². The van der Waals surface area contributed by atoms with Gasteiger partial charge in [-0.05, 0) is 32.4 Å². The fraction of sp³-hybridized carbons (Fsp3) is 0.550. The molecule has 0 radical (unpaired) electrons. The number of hydrogen-bond acceptors (Lipinski definition) is 6. The second-order valence-corrected chi connectivity index (χ2v) is 6.48. The SMILES string of the molecule is C=C[C@@H]1OC(c2ccc(OC)cc2)O[C@]1(C)CCC(=O)CC(O)OCC. The van der Waals surface area contributed by atoms with Crippen LogP contribution in [0.15, 0.2) is 36.9 Å². The van der Waals surface area contributed by atoms with Gasteiger partial charge in [0.05, 0.1) is 19.1 Å². The molecule has 2 rings (SSSR count). The Balaban J connectivity index is 1.97. The van der Waals surface area contributed by atoms with Gasteiger partial charge in [0, 0.05) is 18.6 Å². The summed E-state index contributed by atoms with van der Waals surface area (Å²) >= 11 is 0. The summed E-state index contributed by atoms with van der Waals surface area (Å²) in [5.74, 6) is 0.680. The van der Waals surface area contributed by atoms with E-state index < -0.39 is 18.2 Å². The van der Waals surface area contributed by atoms with Gasteiger partial charge < -0.3 is 24.1 Å². The van der Waals surface area contributed by atoms with Gasteiger partial charge in [0.25, 0.3) is 0 Å². The van der Waals surface area contributed by atoms with Gasteiger partial charge >= 0.3 is 0 Å². The molecule has 1 aliphatic rings. The summed E-state index contributed by atoms with van der Waals surface area (Å²) in [6.45, 7) is 7.87. The van der Waals surface area contributed by atoms with Crippen LogP contribution < -0.4 is 4.74 Å². The maximum Gasteiger partial charge on any atom is 0.185 e. The van der Waals surface area contributed by atoms with Crippen LogP contribution in [0.4, 0.5) is 0 Å². The number of ketones is 1. The highest BCUT2D eigenvalue weighted by Gasteiger charge is 2.45. The van der Waals surface area contributed by atoms with Crippen LogP contribution in [0.5, 0.6) is 5.75 Å². The van der Waals surface area contributed by atoms with Crippen molar-refractivity contribution >= 4 is 5.78 Å². The molecule has 1 heterocycles. The lowest BCUT2D eigenvalue weighted by molar-refractivity contribution is -0.137. The largest absolute Gasteiger partial charge is 0.497 e. The first-order chi connectivity index (χ1) is 12.4. The van der Waals surface area contributed by atoms with Gasteiger partial charge in [0.15, 0.2) is 12.6 Å². The number of Topliss-reactive ketones (excluding diaryl/α,β-unsaturated/α-hetero) is 1. The van der Waals surface area contributed by atoms with Gasteiger partial charge in [0.1, 0.15) is 17.6 Å². The molecule has 1 aliphatic heterocycles. The number of methoxy groups -OCH3 is 1. The molecule has 1 aromatic rings. The Morgan fingerprint density at radius 2 is 2.12 bits per heavy atom. The van der Waals surface area contributed by atoms with Crippen LogP contribution in [0, 0.1) is 0 Å². The maximum absolute atomic E-state index is 12.1. The molecule has 144 valence electrons. The second kappa shape index (κ2) is 9.28. The van der Waals surface area contributed by atoms with E-state index in [0.29, 0.717) is 13.0 Å². The molecule has 0 amide bonds. The molecule has 0 aromatic heterocycles. The minimum atomic E-state index is -1.05. The number of ether oxygens (including phenoxy) is 4. The fourth-order valence-electron chi connectivity index (χ4n) is 2.97. The summed E-state index contributed by atoms with van der Waals surface area (Å²) in [7, 11) is 1.61. The lowest BCUT2D eigenvalue weighted by atomic mass is 9.92. The summed E-state index contributed by atoms with van der Waals surface area (Å²) in [6.07, 6.45) is 0.493. The molecular weight excluding hydrogens is 336 g/mol. The van der Waals surface area contributed by atoms with Crippen molar-refractivity contribution in [1.29, 1.82) is 0 Å². The molecule has 26 heavy (non-hydrogen) atoms. The van der Waals surface area contributed by atoms with Crippen molar-refractivity contribution in [3.63, 3.8) is 0 Å². The van der Waals surface area contributed by atoms with E-state index >= 15 is 0 Å². The Hall–Kier alpha value is -1.73. The standard InChI is InChI=1S/C20H28O6/c1-5-17-20(3,12-11-15(21)13-18(22)24-6-2)26-19(25-17)14-7-9-16(23-4)10-8-14/h5,7-10,17-19,22H,1,6,11-13H2,2-4H3/t17-,18?,19?,20+/m0/s1. The van der Waals surface area contributed by atoms with Crippen LogP contribution in [0.25, 0.3) is 0 Å². The molecule has 0 aliphatic carbocycles. The number of hydrogen-bond donors (Lipinski definition) is 1. The molecule has 1 N–H and O–H groups in total. The van der Waals surface area contributed by atoms with Crippen LogP contribution in [0.3, 0.4) is 0 Å². The highest BCUT2D eigenvalue weighted by Crippen LogP contribution is 2.41. The third-order valence-corrected chi connectivity index (χ3v) is 4.51. The van der Waals surface area contributed by atoms with E-state index in [1.807, 2.05) is 31.2 Å². The molecular formula is C20H28O6. The fourth-order valence-corrected chi connectivity index (χ4v) is 2.97. The number of benzene rings is 1. The highest BCUT2D eigenvalue weighted by atomic mass is 16.7. The predicted molar refractivity (Wildman–Crippen MR) is 96.8 cm³/mol. The molecule has 1 fully saturated rings. The minimum Gasteiger partial charge on any atom is -0.497 e. The molecule has 0 spiro atoms. The third-order valence-electron chi connectivity index (χ3n) is 4.51. The van der Waals surface area contributed by atoms with E-state index in [1.54, 1.807) is 20.1 Å². The zero-order chi connectivity index (χ0) is 19.2. The summed E-state index contributed by atoms with van der Waals surface area (Å²) < 4.78 is 22.3. The molecule has 4 atom stereocenters. The van der Waals surface area contributed by atoms with Gasteiger partial charge in [-0.2, -0.15) is 0 Å². The van der Waals surface area contributed by atoms with Gasteiger partial charge in [-0.25, -0.2) is 0 Å². The van der Waals surface area contributed by atoms with Crippen molar-refractivity contribution in [1.82, 2.24) is 0 Å². The van der Waals surface area contributed by atoms with Crippen LogP contribution >= 0.6 is 0 Å². The topological polar surface area (TPSA) is 74.2 Å². The Labute approximate surface area is 154 Å². The lowest BCUT2D eigenvalue weighted by Crippen LogP contribution is -2.36. The highest BCUT2D eigenvalue weighted by molar-refractivity contribution is 5.78. The second-order valence-electron chi connectivity index (χ2n) is 6.48. The lowest BCUT2D eigenvalue weighted by Gasteiger charge is -2.26. The zero-order valence-electron chi connectivity index (χ0n) is 15.6. The zero-order valence-corrected chi connectivity index (χ0v) is 15.6. The number of carbonyl (C=O) groups excluding carboxylic acids is 1. The van der Waals surface area contributed by atoms with E-state index in [9.17, 15) is 9.90 Å². The quantitative estimate of drug-likeness (QED) is 0.508. The van der Waals surface area contributed by atoms with Crippen LogP contribution in [0.1, 0.15) is 45.0 Å². The smallest absolute Gasteiger partial charge is 0.185 e. The van der Waals surface area contributed by atoms with Gasteiger partial charge in [-0.3, -0.25) is 4.79 Å². The Morgan fingerprint density at radius 3 is 2.69 bits per heavy atom. The first kappa shape index (κ1) is 20.6. The monoisotopic (exact) mass is 364 g/mol. The van der Waals surface area contributed by atoms with Gasteiger partial charge in [0.2, 0.25) is 0 Å². The molecule has 0 bridgehead atoms. The van der Waals surface area contributed by atoms with Gasteiger partial charge in [-0.1, -0.05) is 18.2 Å². The summed E-state index contributed by atoms with van der Waals surface area (Å²) in [4.78, 5) is 12.1. The average Bonchev–Trinajstić information content (AvgIpc) is 2.97. The van der Waals surface area contributed by atoms with Gasteiger partial charge in [-0.15, -0.1) is 6.58 Å². The molecule has 2 unspecified atom stereocenters. The molecule has 0 saturated carbocycles. The molecule has 6 nitrogen and oxygen atoms in total. The van der Waals surface area contributed by atoms with Crippen molar-refractivity contribution in [2.45, 2.75) is 57.4 Å². The van der Waals surface area contributed by atoms with Crippen molar-refractivity contribution < 1.29 is 28.8 Å². The van der Waals surface area contributed by atoms with Crippen LogP contribution in [-0.2, 0) is 19.0 Å². The Morgan fingerprint density at radius 1 is 1.42 bits per heavy atom. The van der Waals surface area contributed by atoms with Crippen molar-refractivity contribution in [2.24, 2.45) is 0 Å². The average molecular weight is 364 g/mol. The van der Waals surface area contributed by atoms with Crippen LogP contribution in [-0.4, -0.2) is 42.6 Å². The van der Waals surface area contributed by atoms with Crippen molar-refractivity contribution in [3.8, 4) is 5.75 Å². The normalized spacial score (nSPS) is 26.5. The first-order valence-electron chi connectivity index (χ1n) is 8.83. The summed E-state index contributed by atoms with van der Waals surface area (Å²) in [5.41, 5.74) is 0.206. The summed E-state index contributed by atoms with van der Waals surface area (Å²) in [5, 5.41) is 9.58. The molecule has 1 saturated heterocycles. The van der Waals surface area contributed by atoms with E-state index in [-0.39, 0.29) is 24.7 Å². The number of aliphatic hydroxyl groups excluding tert-OH is 1. The summed E-state index contributed by atoms with van der Waals surface area (Å²) in [6, 6.07) is 7.47. The Bertz CT molecular complexity index is 599. The molecule has 1 aromatic carbocycles. The minimum absolute atomic E-state index is 0.0224. The van der Waals surface area contributed by atoms with E-state index in [2.05, 4.69) is 6.58 Å². The molecule has 6 heteroatoms. The number of rotatable bonds is 10. The third kappa shape index (κ3) is 5.14. The number of aliphatic hydroxyl groups is 1. The first-order valence-corrected chi connectivity index (χ1v) is 8.83. The number of carbonyl (C=O) groups is 1. The van der Waals surface area contributed by atoms with Crippen molar-refractivity contribution in [2.75, 3.05) is 13.7 Å². The predicted octanol–water partition coefficient (Wildman–Crippen LogP) is 3.15. The van der Waals surface area contributed by atoms with E-state index in [1.165, 1.54) is 0 Å². The van der Waals surface area contributed by atoms with Crippen LogP contribution in [0.2, 0.25) is 0 Å². The Kier molecular flexibility index (Phi) is 7.34. The maximum atomic E-state index is 12.1. The van der Waals surface area contributed by atoms with Crippen molar-refractivity contribution in [3.05, 3.63) is 42.5 Å².